The highest BCUT2D eigenvalue weighted by Crippen LogP contribution is 2.55. The summed E-state index contributed by atoms with van der Waals surface area (Å²) in [5, 5.41) is 4.94. The molecule has 0 saturated heterocycles. The van der Waals surface area contributed by atoms with Crippen molar-refractivity contribution < 1.29 is 0 Å². The van der Waals surface area contributed by atoms with Crippen LogP contribution in [0.25, 0.3) is 43.8 Å². The van der Waals surface area contributed by atoms with Gasteiger partial charge in [0.1, 0.15) is 0 Å². The minimum Gasteiger partial charge on any atom is -0.310 e. The predicted octanol–water partition coefficient (Wildman–Crippen LogP) is 15.5. The van der Waals surface area contributed by atoms with Gasteiger partial charge in [-0.25, -0.2) is 0 Å². The molecule has 0 spiro atoms. The fourth-order valence-electron chi connectivity index (χ4n) is 10.2. The summed E-state index contributed by atoms with van der Waals surface area (Å²) >= 11 is 0. The van der Waals surface area contributed by atoms with Crippen molar-refractivity contribution >= 4 is 55.7 Å². The van der Waals surface area contributed by atoms with Gasteiger partial charge in [0, 0.05) is 22.2 Å². The monoisotopic (exact) mass is 744 g/mol. The van der Waals surface area contributed by atoms with Crippen molar-refractivity contribution in [2.75, 3.05) is 9.80 Å². The quantitative estimate of drug-likeness (QED) is 0.166. The van der Waals surface area contributed by atoms with E-state index in [9.17, 15) is 0 Å². The van der Waals surface area contributed by atoms with Gasteiger partial charge in [-0.15, -0.1) is 0 Å². The third kappa shape index (κ3) is 4.98. The van der Waals surface area contributed by atoms with Crippen LogP contribution in [0.4, 0.5) is 34.1 Å². The van der Waals surface area contributed by atoms with Crippen molar-refractivity contribution in [1.82, 2.24) is 0 Å². The van der Waals surface area contributed by atoms with E-state index in [0.717, 1.165) is 11.4 Å². The molecule has 2 heterocycles. The van der Waals surface area contributed by atoms with Crippen LogP contribution in [0.3, 0.4) is 0 Å². The van der Waals surface area contributed by atoms with Crippen LogP contribution in [0.15, 0.2) is 194 Å². The number of para-hydroxylation sites is 4. The van der Waals surface area contributed by atoms with Gasteiger partial charge in [-0.2, -0.15) is 0 Å². The highest BCUT2D eigenvalue weighted by molar-refractivity contribution is 6.22. The van der Waals surface area contributed by atoms with E-state index in [1.54, 1.807) is 0 Å². The van der Waals surface area contributed by atoms with Gasteiger partial charge in [0.2, 0.25) is 0 Å². The topological polar surface area (TPSA) is 6.48 Å². The first-order valence-corrected chi connectivity index (χ1v) is 20.4. The van der Waals surface area contributed by atoms with Gasteiger partial charge in [0.25, 0.3) is 0 Å². The summed E-state index contributed by atoms with van der Waals surface area (Å²) in [6, 6.07) is 72.0. The summed E-state index contributed by atoms with van der Waals surface area (Å²) < 4.78 is 0. The summed E-state index contributed by atoms with van der Waals surface area (Å²) in [6.45, 7) is 9.41. The van der Waals surface area contributed by atoms with Crippen LogP contribution < -0.4 is 9.80 Å². The van der Waals surface area contributed by atoms with Crippen LogP contribution in [-0.2, 0) is 10.8 Å². The number of benzene rings is 9. The molecule has 58 heavy (non-hydrogen) atoms. The summed E-state index contributed by atoms with van der Waals surface area (Å²) in [5.41, 5.74) is 17.2. The first-order valence-electron chi connectivity index (χ1n) is 20.4. The Balaban J connectivity index is 1.22. The summed E-state index contributed by atoms with van der Waals surface area (Å²) in [7, 11) is 0. The van der Waals surface area contributed by atoms with E-state index in [2.05, 4.69) is 232 Å². The van der Waals surface area contributed by atoms with E-state index in [0.29, 0.717) is 0 Å². The maximum absolute atomic E-state index is 2.48. The van der Waals surface area contributed by atoms with Gasteiger partial charge in [0.15, 0.2) is 0 Å². The molecular weight excluding hydrogens is 701 g/mol. The van der Waals surface area contributed by atoms with Crippen LogP contribution in [0.2, 0.25) is 0 Å². The first kappa shape index (κ1) is 34.4. The molecule has 2 aliphatic heterocycles. The number of rotatable bonds is 4. The van der Waals surface area contributed by atoms with Crippen molar-refractivity contribution in [1.29, 1.82) is 0 Å². The smallest absolute Gasteiger partial charge is 0.0502 e. The lowest BCUT2D eigenvalue weighted by Gasteiger charge is -2.42. The molecule has 0 N–H and O–H groups in total. The van der Waals surface area contributed by atoms with Crippen molar-refractivity contribution in [3.05, 3.63) is 216 Å². The Bertz CT molecular complexity index is 2760. The fraction of sp³-hybridized carbons (Fsp3) is 0.107. The van der Waals surface area contributed by atoms with Gasteiger partial charge in [0.05, 0.1) is 22.7 Å². The second-order valence-corrected chi connectivity index (χ2v) is 16.9. The molecule has 0 unspecified atom stereocenters. The molecule has 0 bridgehead atoms. The van der Waals surface area contributed by atoms with E-state index in [4.69, 9.17) is 0 Å². The van der Waals surface area contributed by atoms with Crippen LogP contribution in [0.5, 0.6) is 0 Å². The zero-order valence-corrected chi connectivity index (χ0v) is 33.4. The number of nitrogens with zero attached hydrogens (tertiary/aromatic N) is 2. The number of hydrogen-bond donors (Lipinski definition) is 0. The van der Waals surface area contributed by atoms with E-state index in [1.165, 1.54) is 88.8 Å². The Labute approximate surface area is 341 Å². The molecular formula is C56H44N2. The van der Waals surface area contributed by atoms with E-state index >= 15 is 0 Å². The van der Waals surface area contributed by atoms with Gasteiger partial charge in [-0.1, -0.05) is 173 Å². The van der Waals surface area contributed by atoms with Gasteiger partial charge >= 0.3 is 0 Å². The summed E-state index contributed by atoms with van der Waals surface area (Å²) in [6.07, 6.45) is 0. The van der Waals surface area contributed by atoms with E-state index < -0.39 is 0 Å². The molecule has 0 saturated carbocycles. The van der Waals surface area contributed by atoms with E-state index in [1.807, 2.05) is 0 Å². The highest BCUT2D eigenvalue weighted by atomic mass is 15.2. The van der Waals surface area contributed by atoms with Crippen LogP contribution >= 0.6 is 0 Å². The maximum Gasteiger partial charge on any atom is 0.0502 e. The van der Waals surface area contributed by atoms with Crippen LogP contribution in [0.1, 0.15) is 49.9 Å². The predicted molar refractivity (Wildman–Crippen MR) is 246 cm³/mol. The lowest BCUT2D eigenvalue weighted by atomic mass is 9.73. The summed E-state index contributed by atoms with van der Waals surface area (Å²) in [4.78, 5) is 4.96. The second kappa shape index (κ2) is 12.8. The average molecular weight is 745 g/mol. The number of fused-ring (bicyclic) bond motifs is 6. The minimum atomic E-state index is -0.130. The zero-order valence-electron chi connectivity index (χ0n) is 33.4. The minimum absolute atomic E-state index is 0.130. The van der Waals surface area contributed by atoms with Gasteiger partial charge < -0.3 is 9.80 Å². The lowest BCUT2D eigenvalue weighted by molar-refractivity contribution is 0.632. The molecule has 278 valence electrons. The maximum atomic E-state index is 2.48. The summed E-state index contributed by atoms with van der Waals surface area (Å²) in [5.74, 6) is 0. The Morgan fingerprint density at radius 3 is 0.914 bits per heavy atom. The molecule has 0 fully saturated rings. The van der Waals surface area contributed by atoms with E-state index in [-0.39, 0.29) is 10.8 Å². The van der Waals surface area contributed by atoms with Crippen molar-refractivity contribution in [2.24, 2.45) is 0 Å². The SMILES string of the molecule is CC1(C)c2ccccc2N(c2ccc3c(-c4ccccc4)c4cc(N5c6ccccc6C(C)(C)c6ccccc65)ccc4c(-c4ccccc4)c3c2)c2ccccc21. The Hall–Kier alpha value is -6.90. The first-order chi connectivity index (χ1) is 28.3. The molecule has 9 aromatic rings. The van der Waals surface area contributed by atoms with Crippen molar-refractivity contribution in [3.8, 4) is 22.3 Å². The fourth-order valence-corrected chi connectivity index (χ4v) is 10.2. The molecule has 2 aliphatic rings. The molecule has 2 heteroatoms. The van der Waals surface area contributed by atoms with Gasteiger partial charge in [-0.3, -0.25) is 0 Å². The Morgan fingerprint density at radius 2 is 0.586 bits per heavy atom. The normalized spacial score (nSPS) is 14.8. The van der Waals surface area contributed by atoms with Crippen molar-refractivity contribution in [3.63, 3.8) is 0 Å². The zero-order chi connectivity index (χ0) is 39.2. The van der Waals surface area contributed by atoms with Gasteiger partial charge in [-0.05, 0) is 115 Å². The molecule has 0 aromatic heterocycles. The third-order valence-electron chi connectivity index (χ3n) is 13.0. The van der Waals surface area contributed by atoms with Crippen molar-refractivity contribution in [2.45, 2.75) is 38.5 Å². The molecule has 0 atom stereocenters. The second-order valence-electron chi connectivity index (χ2n) is 16.9. The Morgan fingerprint density at radius 1 is 0.293 bits per heavy atom. The highest BCUT2D eigenvalue weighted by Gasteiger charge is 2.38. The largest absolute Gasteiger partial charge is 0.310 e. The lowest BCUT2D eigenvalue weighted by Crippen LogP contribution is -2.30. The van der Waals surface area contributed by atoms with Crippen LogP contribution in [0, 0.1) is 0 Å². The van der Waals surface area contributed by atoms with Crippen LogP contribution in [-0.4, -0.2) is 0 Å². The molecule has 2 nitrogen and oxygen atoms in total. The standard InChI is InChI=1S/C56H44N2/c1-55(2)45-23-11-15-27-49(45)57(50-28-16-12-24-46(50)55)39-31-33-41-43(35-39)53(37-19-7-5-8-20-37)42-34-32-40(36-44(42)54(41)38-21-9-6-10-22-38)58-51-29-17-13-25-47(51)56(3,4)48-26-14-18-30-52(48)58/h5-36H,1-4H3. The molecule has 0 aliphatic carbocycles. The molecule has 11 rings (SSSR count). The number of hydrogen-bond acceptors (Lipinski definition) is 2. The number of anilines is 6. The third-order valence-corrected chi connectivity index (χ3v) is 13.0. The molecule has 0 amide bonds. The average Bonchev–Trinajstić information content (AvgIpc) is 3.26. The molecule has 0 radical (unpaired) electrons. The molecule has 9 aromatic carbocycles. The Kier molecular flexibility index (Phi) is 7.59.